The smallest absolute Gasteiger partial charge is 0.272 e. The lowest BCUT2D eigenvalue weighted by Gasteiger charge is -2.07. The largest absolute Gasteiger partial charge is 0.372 e. The molecule has 0 radical (unpaired) electrons. The molecule has 120 valence electrons. The van der Waals surface area contributed by atoms with Gasteiger partial charge in [-0.2, -0.15) is 0 Å². The second kappa shape index (κ2) is 6.97. The minimum absolute atomic E-state index is 0.0831. The minimum atomic E-state index is -0.417. The van der Waals surface area contributed by atoms with Crippen LogP contribution in [-0.2, 0) is 18.0 Å². The van der Waals surface area contributed by atoms with Gasteiger partial charge >= 0.3 is 0 Å². The van der Waals surface area contributed by atoms with E-state index in [0.29, 0.717) is 24.3 Å². The van der Waals surface area contributed by atoms with Gasteiger partial charge in [-0.15, -0.1) is 0 Å². The highest BCUT2D eigenvalue weighted by Crippen LogP contribution is 2.21. The predicted octanol–water partition coefficient (Wildman–Crippen LogP) is 3.84. The number of benzene rings is 2. The summed E-state index contributed by atoms with van der Waals surface area (Å²) in [5, 5.41) is 21.5. The molecule has 0 atom stereocenters. The van der Waals surface area contributed by atoms with Gasteiger partial charge in [0.2, 0.25) is 0 Å². The zero-order valence-corrected chi connectivity index (χ0v) is 12.8. The molecule has 0 heterocycles. The minimum Gasteiger partial charge on any atom is -0.372 e. The van der Waals surface area contributed by atoms with Gasteiger partial charge in [-0.05, 0) is 49.2 Å². The molecule has 0 fully saturated rings. The Kier molecular flexibility index (Phi) is 5.02. The van der Waals surface area contributed by atoms with E-state index in [1.165, 1.54) is 12.1 Å². The molecule has 0 spiro atoms. The van der Waals surface area contributed by atoms with Crippen LogP contribution in [0.2, 0.25) is 0 Å². The fourth-order valence-corrected chi connectivity index (χ4v) is 2.31. The fourth-order valence-electron chi connectivity index (χ4n) is 2.31. The highest BCUT2D eigenvalue weighted by atomic mass is 16.6. The van der Waals surface area contributed by atoms with Crippen LogP contribution in [0.15, 0.2) is 36.4 Å². The van der Waals surface area contributed by atoms with E-state index >= 15 is 0 Å². The lowest BCUT2D eigenvalue weighted by atomic mass is 10.1. The van der Waals surface area contributed by atoms with E-state index in [-0.39, 0.29) is 11.4 Å². The third-order valence-corrected chi connectivity index (χ3v) is 3.45. The molecule has 0 unspecified atom stereocenters. The van der Waals surface area contributed by atoms with Crippen molar-refractivity contribution in [2.24, 2.45) is 0 Å². The number of nitrogens with zero attached hydrogens (tertiary/aromatic N) is 2. The molecule has 0 bridgehead atoms. The normalized spacial score (nSPS) is 10.5. The van der Waals surface area contributed by atoms with E-state index in [9.17, 15) is 20.2 Å². The van der Waals surface area contributed by atoms with Crippen LogP contribution in [0.3, 0.4) is 0 Å². The first-order valence-corrected chi connectivity index (χ1v) is 6.94. The topological polar surface area (TPSA) is 95.5 Å². The Hall–Kier alpha value is -2.80. The number of nitro groups is 2. The van der Waals surface area contributed by atoms with Gasteiger partial charge in [-0.3, -0.25) is 20.2 Å². The van der Waals surface area contributed by atoms with Crippen LogP contribution in [0.25, 0.3) is 0 Å². The second-order valence-corrected chi connectivity index (χ2v) is 5.25. The van der Waals surface area contributed by atoms with Gasteiger partial charge in [-0.1, -0.05) is 0 Å². The molecule has 0 saturated heterocycles. The van der Waals surface area contributed by atoms with E-state index in [1.54, 1.807) is 38.1 Å². The maximum atomic E-state index is 10.8. The molecule has 0 saturated carbocycles. The molecule has 2 aromatic carbocycles. The van der Waals surface area contributed by atoms with Crippen molar-refractivity contribution in [3.63, 3.8) is 0 Å². The van der Waals surface area contributed by atoms with Gasteiger partial charge in [0.15, 0.2) is 0 Å². The summed E-state index contributed by atoms with van der Waals surface area (Å²) in [5.41, 5.74) is 3.02. The molecule has 0 aliphatic heterocycles. The summed E-state index contributed by atoms with van der Waals surface area (Å²) < 4.78 is 5.58. The lowest BCUT2D eigenvalue weighted by molar-refractivity contribution is -0.385. The summed E-state index contributed by atoms with van der Waals surface area (Å²) in [6.45, 7) is 3.99. The quantitative estimate of drug-likeness (QED) is 0.596. The number of ether oxygens (including phenoxy) is 1. The van der Waals surface area contributed by atoms with Gasteiger partial charge in [0.05, 0.1) is 23.1 Å². The summed E-state index contributed by atoms with van der Waals surface area (Å²) >= 11 is 0. The SMILES string of the molecule is Cc1cc(COCc2ccc([N+](=O)[O-])c(C)c2)ccc1[N+](=O)[O-]. The molecule has 2 aromatic rings. The third kappa shape index (κ3) is 4.10. The second-order valence-electron chi connectivity index (χ2n) is 5.25. The molecular weight excluding hydrogens is 300 g/mol. The van der Waals surface area contributed by atoms with Gasteiger partial charge in [0, 0.05) is 23.3 Å². The maximum Gasteiger partial charge on any atom is 0.272 e. The number of rotatable bonds is 6. The molecule has 0 amide bonds. The summed E-state index contributed by atoms with van der Waals surface area (Å²) in [5.74, 6) is 0. The highest BCUT2D eigenvalue weighted by Gasteiger charge is 2.11. The van der Waals surface area contributed by atoms with Crippen LogP contribution in [0.4, 0.5) is 11.4 Å². The van der Waals surface area contributed by atoms with Gasteiger partial charge in [0.1, 0.15) is 0 Å². The summed E-state index contributed by atoms with van der Waals surface area (Å²) in [6, 6.07) is 9.69. The molecule has 0 aromatic heterocycles. The number of aryl methyl sites for hydroxylation is 2. The number of hydrogen-bond donors (Lipinski definition) is 0. The summed E-state index contributed by atoms with van der Waals surface area (Å²) in [7, 11) is 0. The van der Waals surface area contributed by atoms with Crippen LogP contribution >= 0.6 is 0 Å². The van der Waals surface area contributed by atoms with E-state index in [2.05, 4.69) is 0 Å². The predicted molar refractivity (Wildman–Crippen MR) is 84.2 cm³/mol. The fraction of sp³-hybridized carbons (Fsp3) is 0.250. The Labute approximate surface area is 132 Å². The van der Waals surface area contributed by atoms with Crippen molar-refractivity contribution in [2.45, 2.75) is 27.1 Å². The number of hydrogen-bond acceptors (Lipinski definition) is 5. The van der Waals surface area contributed by atoms with E-state index < -0.39 is 9.85 Å². The molecular formula is C16H16N2O5. The maximum absolute atomic E-state index is 10.8. The van der Waals surface area contributed by atoms with Crippen molar-refractivity contribution >= 4 is 11.4 Å². The molecule has 23 heavy (non-hydrogen) atoms. The lowest BCUT2D eigenvalue weighted by Crippen LogP contribution is -1.98. The van der Waals surface area contributed by atoms with Gasteiger partial charge < -0.3 is 4.74 Å². The van der Waals surface area contributed by atoms with Crippen molar-refractivity contribution in [2.75, 3.05) is 0 Å². The van der Waals surface area contributed by atoms with Crippen molar-refractivity contribution in [1.82, 2.24) is 0 Å². The summed E-state index contributed by atoms with van der Waals surface area (Å²) in [6.07, 6.45) is 0. The Bertz CT molecular complexity index is 695. The van der Waals surface area contributed by atoms with Crippen molar-refractivity contribution in [3.05, 3.63) is 78.9 Å². The van der Waals surface area contributed by atoms with Crippen LogP contribution < -0.4 is 0 Å². The molecule has 0 aliphatic carbocycles. The number of nitro benzene ring substituents is 2. The highest BCUT2D eigenvalue weighted by molar-refractivity contribution is 5.42. The molecule has 0 aliphatic rings. The Balaban J connectivity index is 1.97. The van der Waals surface area contributed by atoms with E-state index in [1.807, 2.05) is 0 Å². The average molecular weight is 316 g/mol. The standard InChI is InChI=1S/C16H16N2O5/c1-11-7-13(3-5-15(11)17(19)20)9-23-10-14-4-6-16(18(21)22)12(2)8-14/h3-8H,9-10H2,1-2H3. The van der Waals surface area contributed by atoms with Crippen LogP contribution in [0.1, 0.15) is 22.3 Å². The molecule has 0 N–H and O–H groups in total. The van der Waals surface area contributed by atoms with Crippen LogP contribution in [0.5, 0.6) is 0 Å². The Morgan fingerprint density at radius 3 is 1.52 bits per heavy atom. The Morgan fingerprint density at radius 1 is 0.826 bits per heavy atom. The Morgan fingerprint density at radius 2 is 1.22 bits per heavy atom. The zero-order valence-electron chi connectivity index (χ0n) is 12.8. The zero-order chi connectivity index (χ0) is 17.0. The molecule has 2 rings (SSSR count). The van der Waals surface area contributed by atoms with Crippen LogP contribution in [-0.4, -0.2) is 9.85 Å². The van der Waals surface area contributed by atoms with E-state index in [4.69, 9.17) is 4.74 Å². The first-order chi connectivity index (χ1) is 10.9. The van der Waals surface area contributed by atoms with Crippen molar-refractivity contribution in [3.8, 4) is 0 Å². The monoisotopic (exact) mass is 316 g/mol. The van der Waals surface area contributed by atoms with Crippen LogP contribution in [0, 0.1) is 34.1 Å². The van der Waals surface area contributed by atoms with E-state index in [0.717, 1.165) is 11.1 Å². The summed E-state index contributed by atoms with van der Waals surface area (Å²) in [4.78, 5) is 20.7. The molecule has 7 nitrogen and oxygen atoms in total. The van der Waals surface area contributed by atoms with Gasteiger partial charge in [-0.25, -0.2) is 0 Å². The average Bonchev–Trinajstić information content (AvgIpc) is 2.46. The first kappa shape index (κ1) is 16.6. The van der Waals surface area contributed by atoms with Crippen molar-refractivity contribution < 1.29 is 14.6 Å². The van der Waals surface area contributed by atoms with Gasteiger partial charge in [0.25, 0.3) is 11.4 Å². The third-order valence-electron chi connectivity index (χ3n) is 3.45. The molecule has 7 heteroatoms. The van der Waals surface area contributed by atoms with Crippen molar-refractivity contribution in [1.29, 1.82) is 0 Å². The first-order valence-electron chi connectivity index (χ1n) is 6.94.